The molecule has 0 bridgehead atoms. The molecule has 1 aromatic heterocycles. The first-order valence-corrected chi connectivity index (χ1v) is 17.5. The quantitative estimate of drug-likeness (QED) is 0.162. The second kappa shape index (κ2) is 13.3. The fraction of sp³-hybridized carbons (Fsp3) is 0.343. The van der Waals surface area contributed by atoms with Gasteiger partial charge in [-0.05, 0) is 91.7 Å². The number of carbonyl (C=O) groups is 3. The smallest absolute Gasteiger partial charge is 0.341 e. The zero-order valence-corrected chi connectivity index (χ0v) is 27.8. The van der Waals surface area contributed by atoms with Crippen LogP contribution in [0.3, 0.4) is 0 Å². The highest BCUT2D eigenvalue weighted by molar-refractivity contribution is 7.89. The molecular weight excluding hydrogens is 632 g/mol. The predicted octanol–water partition coefficient (Wildman–Crippen LogP) is 4.57. The number of sulfonamides is 1. The lowest BCUT2D eigenvalue weighted by atomic mass is 9.81. The van der Waals surface area contributed by atoms with Gasteiger partial charge >= 0.3 is 6.03 Å². The molecule has 4 aromatic rings. The fourth-order valence-corrected chi connectivity index (χ4v) is 8.27. The molecule has 2 fully saturated rings. The Morgan fingerprint density at radius 1 is 1.02 bits per heavy atom. The van der Waals surface area contributed by atoms with Crippen LogP contribution in [0.5, 0.6) is 11.5 Å². The number of amides is 4. The van der Waals surface area contributed by atoms with Crippen LogP contribution in [0.2, 0.25) is 0 Å². The van der Waals surface area contributed by atoms with Gasteiger partial charge in [-0.2, -0.15) is 0 Å². The summed E-state index contributed by atoms with van der Waals surface area (Å²) in [6.45, 7) is 0.636. The second-order valence-electron chi connectivity index (χ2n) is 12.8. The summed E-state index contributed by atoms with van der Waals surface area (Å²) in [4.78, 5) is 46.8. The highest BCUT2D eigenvalue weighted by atomic mass is 32.2. The van der Waals surface area contributed by atoms with Crippen LogP contribution in [-0.4, -0.2) is 78.6 Å². The lowest BCUT2D eigenvalue weighted by molar-refractivity contribution is -0.128. The molecule has 3 aromatic carbocycles. The molecule has 0 radical (unpaired) electrons. The van der Waals surface area contributed by atoms with Crippen molar-refractivity contribution in [3.8, 4) is 11.5 Å². The monoisotopic (exact) mass is 672 g/mol. The summed E-state index contributed by atoms with van der Waals surface area (Å²) in [7, 11) is -1.57. The minimum absolute atomic E-state index is 0.0191. The van der Waals surface area contributed by atoms with E-state index in [4.69, 9.17) is 16.2 Å². The Hall–Kier alpha value is -4.88. The number of aromatic nitrogens is 1. The Labute approximate surface area is 279 Å². The second-order valence-corrected chi connectivity index (χ2v) is 14.6. The third kappa shape index (κ3) is 6.35. The van der Waals surface area contributed by atoms with Crippen LogP contribution < -0.4 is 16.2 Å². The van der Waals surface area contributed by atoms with E-state index >= 15 is 0 Å². The average Bonchev–Trinajstić information content (AvgIpc) is 3.59. The van der Waals surface area contributed by atoms with Crippen molar-refractivity contribution in [1.82, 2.24) is 19.1 Å². The maximum atomic E-state index is 14.5. The van der Waals surface area contributed by atoms with Crippen molar-refractivity contribution in [3.63, 3.8) is 0 Å². The van der Waals surface area contributed by atoms with Gasteiger partial charge in [0.25, 0.3) is 21.8 Å². The van der Waals surface area contributed by atoms with Gasteiger partial charge in [-0.15, -0.1) is 0 Å². The Bertz CT molecular complexity index is 1960. The van der Waals surface area contributed by atoms with Crippen LogP contribution in [0.25, 0.3) is 10.9 Å². The molecule has 252 valence electrons. The number of urea groups is 1. The Morgan fingerprint density at radius 3 is 2.48 bits per heavy atom. The molecule has 48 heavy (non-hydrogen) atoms. The molecule has 13 heteroatoms. The van der Waals surface area contributed by atoms with Gasteiger partial charge in [0.1, 0.15) is 17.5 Å². The number of nitrogens with one attached hydrogen (secondary N) is 1. The fourth-order valence-electron chi connectivity index (χ4n) is 6.73. The third-order valence-corrected chi connectivity index (χ3v) is 11.0. The number of carbonyl (C=O) groups excluding carboxylic acids is 3. The van der Waals surface area contributed by atoms with E-state index in [1.54, 1.807) is 30.5 Å². The van der Waals surface area contributed by atoms with Gasteiger partial charge in [-0.3, -0.25) is 14.5 Å². The van der Waals surface area contributed by atoms with E-state index in [0.717, 1.165) is 41.5 Å². The molecular formula is C35H40N6O6S. The van der Waals surface area contributed by atoms with Gasteiger partial charge in [0, 0.05) is 49.8 Å². The third-order valence-electron chi connectivity index (χ3n) is 9.26. The highest BCUT2D eigenvalue weighted by Gasteiger charge is 2.52. The molecule has 5 N–H and O–H groups in total. The zero-order valence-electron chi connectivity index (χ0n) is 27.0. The molecule has 2 heterocycles. The molecule has 3 unspecified atom stereocenters. The number of para-hydroxylation sites is 1. The average molecular weight is 673 g/mol. The number of hydrogen-bond acceptors (Lipinski definition) is 8. The maximum absolute atomic E-state index is 14.5. The van der Waals surface area contributed by atoms with Crippen molar-refractivity contribution < 1.29 is 27.5 Å². The van der Waals surface area contributed by atoms with Crippen LogP contribution in [0.4, 0.5) is 10.5 Å². The first-order valence-electron chi connectivity index (χ1n) is 16.0. The number of anilines is 1. The number of nitrogen functional groups attached to an aromatic ring is 1. The first-order chi connectivity index (χ1) is 23.0. The number of benzene rings is 3. The molecule has 0 spiro atoms. The van der Waals surface area contributed by atoms with E-state index in [0.29, 0.717) is 33.8 Å². The number of aromatic amines is 1. The van der Waals surface area contributed by atoms with Crippen LogP contribution in [-0.2, 0) is 21.2 Å². The van der Waals surface area contributed by atoms with Crippen molar-refractivity contribution in [2.75, 3.05) is 32.9 Å². The molecule has 1 aliphatic heterocycles. The lowest BCUT2D eigenvalue weighted by Gasteiger charge is -2.30. The minimum Gasteiger partial charge on any atom is -0.457 e. The Kier molecular flexibility index (Phi) is 9.17. The van der Waals surface area contributed by atoms with Crippen LogP contribution in [0.15, 0.2) is 77.8 Å². The van der Waals surface area contributed by atoms with Gasteiger partial charge in [-0.1, -0.05) is 24.6 Å². The van der Waals surface area contributed by atoms with Gasteiger partial charge in [-0.25, -0.2) is 17.5 Å². The first kappa shape index (κ1) is 33.0. The van der Waals surface area contributed by atoms with Crippen molar-refractivity contribution in [2.24, 2.45) is 17.6 Å². The van der Waals surface area contributed by atoms with E-state index in [-0.39, 0.29) is 35.1 Å². The summed E-state index contributed by atoms with van der Waals surface area (Å²) >= 11 is 0. The number of rotatable bonds is 10. The van der Waals surface area contributed by atoms with Gasteiger partial charge in [0.15, 0.2) is 0 Å². The molecule has 12 nitrogen and oxygen atoms in total. The molecule has 1 aliphatic carbocycles. The van der Waals surface area contributed by atoms with Gasteiger partial charge in [0.05, 0.1) is 10.5 Å². The molecule has 1 saturated carbocycles. The number of hydrogen-bond donors (Lipinski definition) is 3. The summed E-state index contributed by atoms with van der Waals surface area (Å²) in [5, 5.41) is 0.828. The van der Waals surface area contributed by atoms with Crippen molar-refractivity contribution >= 4 is 44.5 Å². The van der Waals surface area contributed by atoms with E-state index in [1.807, 2.05) is 24.3 Å². The topological polar surface area (TPSA) is 172 Å². The number of ether oxygens (including phenoxy) is 1. The summed E-state index contributed by atoms with van der Waals surface area (Å²) in [6, 6.07) is 15.7. The molecule has 6 rings (SSSR count). The number of nitrogens with zero attached hydrogens (tertiary/aromatic N) is 3. The number of fused-ring (bicyclic) bond motifs is 1. The number of imide groups is 1. The number of H-pyrrole nitrogens is 1. The van der Waals surface area contributed by atoms with Gasteiger partial charge < -0.3 is 26.1 Å². The zero-order chi connectivity index (χ0) is 34.2. The van der Waals surface area contributed by atoms with E-state index in [1.165, 1.54) is 37.2 Å². The highest BCUT2D eigenvalue weighted by Crippen LogP contribution is 2.36. The predicted molar refractivity (Wildman–Crippen MR) is 182 cm³/mol. The molecule has 3 atom stereocenters. The minimum atomic E-state index is -4.64. The summed E-state index contributed by atoms with van der Waals surface area (Å²) in [5.74, 6) is -0.265. The largest absolute Gasteiger partial charge is 0.457 e. The van der Waals surface area contributed by atoms with Crippen LogP contribution >= 0.6 is 0 Å². The van der Waals surface area contributed by atoms with Crippen molar-refractivity contribution in [3.05, 3.63) is 84.1 Å². The van der Waals surface area contributed by atoms with Gasteiger partial charge in [0.2, 0.25) is 0 Å². The molecule has 1 saturated heterocycles. The summed E-state index contributed by atoms with van der Waals surface area (Å²) in [6.07, 6.45) is 5.21. The van der Waals surface area contributed by atoms with E-state index < -0.39 is 33.9 Å². The van der Waals surface area contributed by atoms with E-state index in [9.17, 15) is 22.8 Å². The normalized spacial score (nSPS) is 20.0. The SMILES string of the molecule is CN(C)C(=O)c1cc(S(=O)(=O)N2C(=O)N(CC3CCCC(CN)C3)C(=O)C2Cc2c[nH]c3ccccc23)ccc1Oc1ccc(N)cc1. The molecule has 4 amide bonds. The Balaban J connectivity index is 1.39. The summed E-state index contributed by atoms with van der Waals surface area (Å²) in [5.41, 5.74) is 13.8. The van der Waals surface area contributed by atoms with Crippen molar-refractivity contribution in [2.45, 2.75) is 43.0 Å². The lowest BCUT2D eigenvalue weighted by Crippen LogP contribution is -2.42. The van der Waals surface area contributed by atoms with Crippen LogP contribution in [0.1, 0.15) is 41.6 Å². The maximum Gasteiger partial charge on any atom is 0.341 e. The number of nitrogens with two attached hydrogens (primary N) is 2. The standard InChI is InChI=1S/C35H40N6O6S/c1-39(2)33(42)29-18-27(14-15-32(29)47-26-12-10-25(37)11-13-26)48(45,46)41-31(17-24-20-38-30-9-4-3-8-28(24)30)34(43)40(35(41)44)21-23-7-5-6-22(16-23)19-36/h3-4,8-15,18,20,22-23,31,38H,5-7,16-17,19,21,36-37H2,1-2H3. The molecule has 2 aliphatic rings. The van der Waals surface area contributed by atoms with Crippen molar-refractivity contribution in [1.29, 1.82) is 0 Å². The Morgan fingerprint density at radius 2 is 1.75 bits per heavy atom. The van der Waals surface area contributed by atoms with Crippen LogP contribution in [0, 0.1) is 11.8 Å². The van der Waals surface area contributed by atoms with E-state index in [2.05, 4.69) is 4.98 Å². The summed E-state index contributed by atoms with van der Waals surface area (Å²) < 4.78 is 35.7.